The molecule has 0 radical (unpaired) electrons. The summed E-state index contributed by atoms with van der Waals surface area (Å²) < 4.78 is 0. The van der Waals surface area contributed by atoms with E-state index < -0.39 is 6.03 Å². The molecule has 4 amide bonds. The van der Waals surface area contributed by atoms with Gasteiger partial charge in [-0.05, 0) is 12.1 Å². The van der Waals surface area contributed by atoms with E-state index in [0.717, 1.165) is 4.90 Å². The number of nitrogens with one attached hydrogen (secondary N) is 2. The Morgan fingerprint density at radius 1 is 1.33 bits per heavy atom. The van der Waals surface area contributed by atoms with Crippen molar-refractivity contribution in [1.29, 1.82) is 0 Å². The lowest BCUT2D eigenvalue weighted by Crippen LogP contribution is -2.37. The molecule has 15 heavy (non-hydrogen) atoms. The van der Waals surface area contributed by atoms with Gasteiger partial charge in [-0.25, -0.2) is 14.5 Å². The number of carbonyl (C=O) groups excluding carboxylic acids is 2. The minimum Gasteiger partial charge on any atom is -0.336 e. The Labute approximate surface area is 87.1 Å². The van der Waals surface area contributed by atoms with Crippen molar-refractivity contribution < 1.29 is 9.59 Å². The summed E-state index contributed by atoms with van der Waals surface area (Å²) >= 11 is 0. The molecule has 1 aromatic carbocycles. The van der Waals surface area contributed by atoms with E-state index in [2.05, 4.69) is 10.6 Å². The molecule has 1 aliphatic rings. The van der Waals surface area contributed by atoms with Crippen LogP contribution < -0.4 is 10.6 Å². The van der Waals surface area contributed by atoms with Crippen molar-refractivity contribution in [1.82, 2.24) is 10.2 Å². The monoisotopic (exact) mass is 205 g/mol. The van der Waals surface area contributed by atoms with Gasteiger partial charge in [-0.15, -0.1) is 0 Å². The van der Waals surface area contributed by atoms with E-state index in [1.54, 1.807) is 12.1 Å². The van der Waals surface area contributed by atoms with Crippen LogP contribution >= 0.6 is 0 Å². The molecule has 1 saturated heterocycles. The highest BCUT2D eigenvalue weighted by atomic mass is 16.2. The number of rotatable bonds is 1. The molecule has 0 unspecified atom stereocenters. The molecule has 0 spiro atoms. The largest absolute Gasteiger partial charge is 0.336 e. The summed E-state index contributed by atoms with van der Waals surface area (Å²) in [6.45, 7) is 0.929. The normalized spacial score (nSPS) is 14.9. The molecular weight excluding hydrogens is 194 g/mol. The van der Waals surface area contributed by atoms with E-state index in [1.807, 2.05) is 18.2 Å². The number of imide groups is 1. The molecule has 0 atom stereocenters. The maximum atomic E-state index is 11.6. The first-order chi connectivity index (χ1) is 7.27. The number of amides is 4. The summed E-state index contributed by atoms with van der Waals surface area (Å²) in [6, 6.07) is 8.30. The van der Waals surface area contributed by atoms with Crippen LogP contribution in [-0.4, -0.2) is 30.1 Å². The molecule has 1 fully saturated rings. The van der Waals surface area contributed by atoms with Gasteiger partial charge in [-0.1, -0.05) is 18.2 Å². The fourth-order valence-corrected chi connectivity index (χ4v) is 1.38. The zero-order valence-corrected chi connectivity index (χ0v) is 8.06. The highest BCUT2D eigenvalue weighted by molar-refractivity contribution is 6.01. The SMILES string of the molecule is O=C1NCCN1C(=O)Nc1ccccc1. The molecule has 2 N–H and O–H groups in total. The van der Waals surface area contributed by atoms with E-state index in [-0.39, 0.29) is 6.03 Å². The van der Waals surface area contributed by atoms with Gasteiger partial charge in [0.1, 0.15) is 0 Å². The number of carbonyl (C=O) groups is 2. The van der Waals surface area contributed by atoms with Crippen LogP contribution in [0.25, 0.3) is 0 Å². The Morgan fingerprint density at radius 3 is 2.67 bits per heavy atom. The number of hydrogen-bond acceptors (Lipinski definition) is 2. The molecule has 1 heterocycles. The summed E-state index contributed by atoms with van der Waals surface area (Å²) in [4.78, 5) is 23.9. The average molecular weight is 205 g/mol. The van der Waals surface area contributed by atoms with Gasteiger partial charge in [0.25, 0.3) is 0 Å². The Morgan fingerprint density at radius 2 is 2.07 bits per heavy atom. The van der Waals surface area contributed by atoms with Gasteiger partial charge in [0.2, 0.25) is 0 Å². The Kier molecular flexibility index (Phi) is 2.53. The lowest BCUT2D eigenvalue weighted by Gasteiger charge is -2.13. The van der Waals surface area contributed by atoms with E-state index in [1.165, 1.54) is 0 Å². The molecule has 78 valence electrons. The second kappa shape index (κ2) is 4.00. The van der Waals surface area contributed by atoms with Crippen molar-refractivity contribution in [2.24, 2.45) is 0 Å². The van der Waals surface area contributed by atoms with Crippen molar-refractivity contribution in [2.45, 2.75) is 0 Å². The fraction of sp³-hybridized carbons (Fsp3) is 0.200. The number of para-hydroxylation sites is 1. The number of benzene rings is 1. The lowest BCUT2D eigenvalue weighted by atomic mass is 10.3. The predicted octanol–water partition coefficient (Wildman–Crippen LogP) is 1.24. The molecule has 1 aliphatic heterocycles. The molecule has 0 bridgehead atoms. The Hall–Kier alpha value is -2.04. The van der Waals surface area contributed by atoms with Gasteiger partial charge in [0, 0.05) is 18.8 Å². The van der Waals surface area contributed by atoms with Crippen molar-refractivity contribution in [3.8, 4) is 0 Å². The van der Waals surface area contributed by atoms with Crippen LogP contribution in [0.3, 0.4) is 0 Å². The Bertz CT molecular complexity index is 378. The summed E-state index contributed by atoms with van der Waals surface area (Å²) in [5.41, 5.74) is 0.683. The maximum Gasteiger partial charge on any atom is 0.330 e. The molecular formula is C10H11N3O2. The molecule has 0 saturated carbocycles. The van der Waals surface area contributed by atoms with Crippen LogP contribution in [0, 0.1) is 0 Å². The van der Waals surface area contributed by atoms with Crippen LogP contribution in [0.1, 0.15) is 0 Å². The van der Waals surface area contributed by atoms with Crippen molar-refractivity contribution in [3.63, 3.8) is 0 Å². The number of urea groups is 2. The summed E-state index contributed by atoms with van der Waals surface area (Å²) in [7, 11) is 0. The quantitative estimate of drug-likeness (QED) is 0.724. The smallest absolute Gasteiger partial charge is 0.330 e. The van der Waals surface area contributed by atoms with E-state index in [4.69, 9.17) is 0 Å². The molecule has 0 aliphatic carbocycles. The average Bonchev–Trinajstić information content (AvgIpc) is 2.66. The zero-order valence-electron chi connectivity index (χ0n) is 8.06. The van der Waals surface area contributed by atoms with E-state index >= 15 is 0 Å². The number of nitrogens with zero attached hydrogens (tertiary/aromatic N) is 1. The second-order valence-electron chi connectivity index (χ2n) is 3.18. The van der Waals surface area contributed by atoms with Crippen molar-refractivity contribution in [3.05, 3.63) is 30.3 Å². The third-order valence-corrected chi connectivity index (χ3v) is 2.13. The third kappa shape index (κ3) is 2.07. The lowest BCUT2D eigenvalue weighted by molar-refractivity contribution is 0.207. The summed E-state index contributed by atoms with van der Waals surface area (Å²) in [5, 5.41) is 5.20. The van der Waals surface area contributed by atoms with Crippen LogP contribution in [0.5, 0.6) is 0 Å². The van der Waals surface area contributed by atoms with Gasteiger partial charge >= 0.3 is 12.1 Å². The number of hydrogen-bond donors (Lipinski definition) is 2. The van der Waals surface area contributed by atoms with Crippen LogP contribution in [0.4, 0.5) is 15.3 Å². The van der Waals surface area contributed by atoms with E-state index in [9.17, 15) is 9.59 Å². The highest BCUT2D eigenvalue weighted by Crippen LogP contribution is 2.07. The molecule has 2 rings (SSSR count). The minimum absolute atomic E-state index is 0.344. The number of anilines is 1. The maximum absolute atomic E-state index is 11.6. The van der Waals surface area contributed by atoms with Gasteiger partial charge in [0.05, 0.1) is 0 Å². The van der Waals surface area contributed by atoms with Crippen LogP contribution in [0.15, 0.2) is 30.3 Å². The summed E-state index contributed by atoms with van der Waals surface area (Å²) in [6.07, 6.45) is 0. The van der Waals surface area contributed by atoms with Gasteiger partial charge in [-0.2, -0.15) is 0 Å². The Balaban J connectivity index is 2.01. The van der Waals surface area contributed by atoms with Crippen molar-refractivity contribution in [2.75, 3.05) is 18.4 Å². The summed E-state index contributed by atoms with van der Waals surface area (Å²) in [5.74, 6) is 0. The third-order valence-electron chi connectivity index (χ3n) is 2.13. The first kappa shape index (κ1) is 9.51. The fourth-order valence-electron chi connectivity index (χ4n) is 1.38. The van der Waals surface area contributed by atoms with Gasteiger partial charge in [0.15, 0.2) is 0 Å². The van der Waals surface area contributed by atoms with Crippen LogP contribution in [0.2, 0.25) is 0 Å². The standard InChI is InChI=1S/C10H11N3O2/c14-9-11-6-7-13(9)10(15)12-8-4-2-1-3-5-8/h1-5H,6-7H2,(H,11,14)(H,12,15). The first-order valence-electron chi connectivity index (χ1n) is 4.69. The van der Waals surface area contributed by atoms with Crippen LogP contribution in [-0.2, 0) is 0 Å². The van der Waals surface area contributed by atoms with Gasteiger partial charge in [-0.3, -0.25) is 0 Å². The first-order valence-corrected chi connectivity index (χ1v) is 4.69. The van der Waals surface area contributed by atoms with Gasteiger partial charge < -0.3 is 10.6 Å². The van der Waals surface area contributed by atoms with E-state index in [0.29, 0.717) is 18.8 Å². The predicted molar refractivity (Wildman–Crippen MR) is 55.6 cm³/mol. The molecule has 5 heteroatoms. The highest BCUT2D eigenvalue weighted by Gasteiger charge is 2.25. The zero-order chi connectivity index (χ0) is 10.7. The van der Waals surface area contributed by atoms with Crippen molar-refractivity contribution >= 4 is 17.7 Å². The topological polar surface area (TPSA) is 61.4 Å². The second-order valence-corrected chi connectivity index (χ2v) is 3.18. The molecule has 0 aromatic heterocycles. The minimum atomic E-state index is -0.392. The molecule has 5 nitrogen and oxygen atoms in total. The molecule has 1 aromatic rings.